The molecule has 0 atom stereocenters. The summed E-state index contributed by atoms with van der Waals surface area (Å²) in [5.41, 5.74) is 5.94. The summed E-state index contributed by atoms with van der Waals surface area (Å²) in [7, 11) is 1.53. The highest BCUT2D eigenvalue weighted by atomic mass is 19.1. The number of rotatable bonds is 5. The Morgan fingerprint density at radius 1 is 0.963 bits per heavy atom. The van der Waals surface area contributed by atoms with Crippen LogP contribution in [0.2, 0.25) is 0 Å². The number of nitrogens with one attached hydrogen (secondary N) is 1. The molecule has 0 bridgehead atoms. The number of pyridine rings is 3. The maximum atomic E-state index is 13.6. The van der Waals surface area contributed by atoms with Crippen molar-refractivity contribution in [2.24, 2.45) is 0 Å². The highest BCUT2D eigenvalue weighted by Crippen LogP contribution is 2.23. The zero-order valence-corrected chi connectivity index (χ0v) is 15.2. The number of hydrogen-bond acceptors (Lipinski definition) is 4. The van der Waals surface area contributed by atoms with Gasteiger partial charge in [0.15, 0.2) is 0 Å². The molecule has 0 unspecified atom stereocenters. The highest BCUT2D eigenvalue weighted by Gasteiger charge is 2.10. The maximum Gasteiger partial charge on any atom is 0.216 e. The summed E-state index contributed by atoms with van der Waals surface area (Å²) < 4.78 is 18.8. The molecule has 0 aliphatic carbocycles. The number of aromatic amines is 1. The molecule has 0 saturated heterocycles. The topological polar surface area (TPSA) is 63.7 Å². The molecule has 27 heavy (non-hydrogen) atoms. The zero-order chi connectivity index (χ0) is 18.8. The van der Waals surface area contributed by atoms with Crippen LogP contribution in [0.25, 0.3) is 11.0 Å². The lowest BCUT2D eigenvalue weighted by molar-refractivity contribution is 0.391. The summed E-state index contributed by atoms with van der Waals surface area (Å²) in [6.07, 6.45) is 9.88. The Bertz CT molecular complexity index is 1110. The molecule has 0 aliphatic heterocycles. The number of aromatic nitrogens is 4. The third-order valence-electron chi connectivity index (χ3n) is 4.48. The molecule has 0 radical (unpaired) electrons. The molecule has 4 aromatic heterocycles. The smallest absolute Gasteiger partial charge is 0.216 e. The second kappa shape index (κ2) is 7.15. The minimum absolute atomic E-state index is 0.378. The van der Waals surface area contributed by atoms with E-state index in [0.29, 0.717) is 17.9 Å². The Balaban J connectivity index is 1.61. The van der Waals surface area contributed by atoms with E-state index in [1.807, 2.05) is 25.5 Å². The number of aryl methyl sites for hydroxylation is 1. The van der Waals surface area contributed by atoms with E-state index >= 15 is 0 Å². The van der Waals surface area contributed by atoms with Gasteiger partial charge in [-0.3, -0.25) is 4.98 Å². The van der Waals surface area contributed by atoms with Crippen LogP contribution >= 0.6 is 0 Å². The van der Waals surface area contributed by atoms with Gasteiger partial charge in [0.25, 0.3) is 0 Å². The van der Waals surface area contributed by atoms with Crippen molar-refractivity contribution >= 4 is 11.0 Å². The molecule has 4 rings (SSSR count). The van der Waals surface area contributed by atoms with Gasteiger partial charge in [-0.25, -0.2) is 14.4 Å². The predicted octanol–water partition coefficient (Wildman–Crippen LogP) is 3.99. The lowest BCUT2D eigenvalue weighted by atomic mass is 10.0. The number of halogens is 1. The summed E-state index contributed by atoms with van der Waals surface area (Å²) in [5, 5.41) is 1.12. The minimum Gasteiger partial charge on any atom is -0.481 e. The Kier molecular flexibility index (Phi) is 4.54. The first kappa shape index (κ1) is 17.1. The number of H-pyrrole nitrogens is 1. The SMILES string of the molecule is COc1ncc(F)cc1Cc1cncc(Cc2c[nH]c3ncc(C)cc23)c1. The average molecular weight is 362 g/mol. The quantitative estimate of drug-likeness (QED) is 0.583. The molecule has 0 amide bonds. The van der Waals surface area contributed by atoms with Crippen molar-refractivity contribution in [3.8, 4) is 5.88 Å². The number of hydrogen-bond donors (Lipinski definition) is 1. The van der Waals surface area contributed by atoms with Crippen LogP contribution in [0.1, 0.15) is 27.8 Å². The van der Waals surface area contributed by atoms with Gasteiger partial charge in [-0.05, 0) is 41.3 Å². The van der Waals surface area contributed by atoms with Gasteiger partial charge in [0.05, 0.1) is 13.3 Å². The average Bonchev–Trinajstić information content (AvgIpc) is 3.04. The summed E-state index contributed by atoms with van der Waals surface area (Å²) in [5.74, 6) is 0.0524. The molecule has 1 N–H and O–H groups in total. The lowest BCUT2D eigenvalue weighted by Gasteiger charge is -2.08. The molecule has 5 nitrogen and oxygen atoms in total. The Morgan fingerprint density at radius 2 is 1.74 bits per heavy atom. The standard InChI is InChI=1S/C21H19FN4O/c1-13-3-19-17(11-25-20(19)24-8-13)6-15-4-14(9-23-10-15)5-16-7-18(22)12-26-21(16)27-2/h3-4,7-12H,5-6H2,1-2H3,(H,24,25). The number of ether oxygens (including phenoxy) is 1. The summed E-state index contributed by atoms with van der Waals surface area (Å²) in [6, 6.07) is 5.67. The van der Waals surface area contributed by atoms with Crippen LogP contribution in [0.4, 0.5) is 4.39 Å². The van der Waals surface area contributed by atoms with Crippen molar-refractivity contribution in [2.75, 3.05) is 7.11 Å². The van der Waals surface area contributed by atoms with Crippen LogP contribution in [-0.2, 0) is 12.8 Å². The first-order valence-electron chi connectivity index (χ1n) is 8.66. The van der Waals surface area contributed by atoms with Crippen molar-refractivity contribution < 1.29 is 9.13 Å². The van der Waals surface area contributed by atoms with E-state index in [0.717, 1.165) is 40.3 Å². The second-order valence-electron chi connectivity index (χ2n) is 6.60. The van der Waals surface area contributed by atoms with Crippen molar-refractivity contribution in [1.82, 2.24) is 19.9 Å². The van der Waals surface area contributed by atoms with E-state index in [1.54, 1.807) is 6.20 Å². The molecule has 0 spiro atoms. The summed E-state index contributed by atoms with van der Waals surface area (Å²) in [6.45, 7) is 2.03. The van der Waals surface area contributed by atoms with E-state index in [2.05, 4.69) is 32.1 Å². The van der Waals surface area contributed by atoms with Crippen molar-refractivity contribution in [3.63, 3.8) is 0 Å². The number of fused-ring (bicyclic) bond motifs is 1. The van der Waals surface area contributed by atoms with Gasteiger partial charge >= 0.3 is 0 Å². The fourth-order valence-corrected chi connectivity index (χ4v) is 3.26. The van der Waals surface area contributed by atoms with Gasteiger partial charge < -0.3 is 9.72 Å². The van der Waals surface area contributed by atoms with Gasteiger partial charge in [0.1, 0.15) is 11.5 Å². The second-order valence-corrected chi connectivity index (χ2v) is 6.60. The molecular weight excluding hydrogens is 343 g/mol. The monoisotopic (exact) mass is 362 g/mol. The lowest BCUT2D eigenvalue weighted by Crippen LogP contribution is -1.99. The molecule has 6 heteroatoms. The van der Waals surface area contributed by atoms with E-state index in [4.69, 9.17) is 4.74 Å². The Labute approximate surface area is 156 Å². The molecule has 0 aromatic carbocycles. The zero-order valence-electron chi connectivity index (χ0n) is 15.2. The van der Waals surface area contributed by atoms with Crippen LogP contribution < -0.4 is 4.74 Å². The molecule has 0 saturated carbocycles. The first-order chi connectivity index (χ1) is 13.1. The van der Waals surface area contributed by atoms with E-state index < -0.39 is 0 Å². The Morgan fingerprint density at radius 3 is 2.52 bits per heavy atom. The van der Waals surface area contributed by atoms with Gasteiger partial charge in [-0.1, -0.05) is 6.07 Å². The summed E-state index contributed by atoms with van der Waals surface area (Å²) in [4.78, 5) is 16.0. The third-order valence-corrected chi connectivity index (χ3v) is 4.48. The molecule has 4 aromatic rings. The largest absolute Gasteiger partial charge is 0.481 e. The van der Waals surface area contributed by atoms with Gasteiger partial charge in [-0.15, -0.1) is 0 Å². The molecule has 0 aliphatic rings. The maximum absolute atomic E-state index is 13.6. The van der Waals surface area contributed by atoms with Crippen LogP contribution in [0.5, 0.6) is 5.88 Å². The van der Waals surface area contributed by atoms with Crippen molar-refractivity contribution in [1.29, 1.82) is 0 Å². The van der Waals surface area contributed by atoms with Crippen LogP contribution in [-0.4, -0.2) is 27.0 Å². The van der Waals surface area contributed by atoms with Crippen LogP contribution in [0.3, 0.4) is 0 Å². The molecular formula is C21H19FN4O. The van der Waals surface area contributed by atoms with Crippen LogP contribution in [0.15, 0.2) is 49.2 Å². The first-order valence-corrected chi connectivity index (χ1v) is 8.66. The molecule has 0 fully saturated rings. The fourth-order valence-electron chi connectivity index (χ4n) is 3.26. The number of methoxy groups -OCH3 is 1. The molecule has 4 heterocycles. The van der Waals surface area contributed by atoms with Crippen LogP contribution in [0, 0.1) is 12.7 Å². The van der Waals surface area contributed by atoms with E-state index in [1.165, 1.54) is 18.7 Å². The third kappa shape index (κ3) is 3.65. The summed E-state index contributed by atoms with van der Waals surface area (Å²) >= 11 is 0. The van der Waals surface area contributed by atoms with E-state index in [9.17, 15) is 4.39 Å². The Hall–Kier alpha value is -3.28. The van der Waals surface area contributed by atoms with Crippen molar-refractivity contribution in [2.45, 2.75) is 19.8 Å². The molecule has 136 valence electrons. The van der Waals surface area contributed by atoms with Gasteiger partial charge in [0.2, 0.25) is 5.88 Å². The van der Waals surface area contributed by atoms with Crippen molar-refractivity contribution in [3.05, 3.63) is 82.8 Å². The van der Waals surface area contributed by atoms with Gasteiger partial charge in [0, 0.05) is 48.6 Å². The normalized spacial score (nSPS) is 11.1. The minimum atomic E-state index is -0.378. The fraction of sp³-hybridized carbons (Fsp3) is 0.190. The predicted molar refractivity (Wildman–Crippen MR) is 101 cm³/mol. The van der Waals surface area contributed by atoms with E-state index in [-0.39, 0.29) is 5.82 Å². The highest BCUT2D eigenvalue weighted by molar-refractivity contribution is 5.80. The number of nitrogens with zero attached hydrogens (tertiary/aromatic N) is 3. The van der Waals surface area contributed by atoms with Gasteiger partial charge in [-0.2, -0.15) is 0 Å².